The van der Waals surface area contributed by atoms with Crippen molar-refractivity contribution < 1.29 is 36.3 Å². The molecule has 16 heteroatoms. The molecule has 0 atom stereocenters. The number of amides is 2. The van der Waals surface area contributed by atoms with Crippen molar-refractivity contribution in [3.63, 3.8) is 0 Å². The Kier molecular flexibility index (Phi) is 7.07. The minimum Gasteiger partial charge on any atom is -0.433 e. The fourth-order valence-electron chi connectivity index (χ4n) is 2.75. The Labute approximate surface area is 193 Å². The quantitative estimate of drug-likeness (QED) is 0.459. The van der Waals surface area contributed by atoms with Gasteiger partial charge < -0.3 is 10.1 Å². The van der Waals surface area contributed by atoms with Crippen LogP contribution in [0.3, 0.4) is 0 Å². The molecule has 4 N–H and O–H groups in total. The number of pyridine rings is 1. The number of anilines is 1. The number of aryl methyl sites for hydroxylation is 1. The van der Waals surface area contributed by atoms with E-state index in [1.807, 2.05) is 0 Å². The second-order valence-electron chi connectivity index (χ2n) is 6.63. The Hall–Kier alpha value is -3.72. The van der Waals surface area contributed by atoms with Crippen molar-refractivity contribution in [3.05, 3.63) is 51.8 Å². The molecule has 1 aliphatic heterocycles. The summed E-state index contributed by atoms with van der Waals surface area (Å²) in [6, 6.07) is 3.50. The minimum atomic E-state index is -4.73. The van der Waals surface area contributed by atoms with E-state index in [0.29, 0.717) is 6.07 Å². The number of guanidine groups is 1. The summed E-state index contributed by atoms with van der Waals surface area (Å²) in [5.41, 5.74) is 2.38. The molecule has 0 radical (unpaired) electrons. The number of nitrogens with zero attached hydrogens (tertiary/aromatic N) is 3. The number of carbonyl (C=O) groups is 2. The molecule has 0 unspecified atom stereocenters. The first kappa shape index (κ1) is 24.9. The van der Waals surface area contributed by atoms with E-state index in [-0.39, 0.29) is 22.8 Å². The lowest BCUT2D eigenvalue weighted by atomic mass is 10.1. The van der Waals surface area contributed by atoms with Crippen molar-refractivity contribution in [2.45, 2.75) is 19.7 Å². The Balaban J connectivity index is 1.94. The standard InChI is InChI=1S/C18H15ClF5N7O3/c1-7-8(4-6-11(25-7)18(22,23)24)14(32)26-13-10(34-16(20)21)5-3-9(12(13)19)15(33)27-17-28-29-30-31(17)2/h3-6,16,29-30H,1-2H3,(H,26,32)(H,27,28,33). The van der Waals surface area contributed by atoms with E-state index in [2.05, 4.69) is 36.5 Å². The number of halogens is 6. The predicted octanol–water partition coefficient (Wildman–Crippen LogP) is 2.87. The Bertz CT molecular complexity index is 1160. The highest BCUT2D eigenvalue weighted by atomic mass is 35.5. The number of carbonyl (C=O) groups excluding carboxylic acids is 2. The van der Waals surface area contributed by atoms with Gasteiger partial charge in [0, 0.05) is 7.05 Å². The number of rotatable bonds is 5. The summed E-state index contributed by atoms with van der Waals surface area (Å²) in [4.78, 5) is 28.7. The van der Waals surface area contributed by atoms with Crippen LogP contribution in [-0.4, -0.2) is 41.4 Å². The van der Waals surface area contributed by atoms with Gasteiger partial charge >= 0.3 is 12.8 Å². The van der Waals surface area contributed by atoms with Crippen LogP contribution in [-0.2, 0) is 6.18 Å². The molecule has 10 nitrogen and oxygen atoms in total. The van der Waals surface area contributed by atoms with Gasteiger partial charge in [-0.3, -0.25) is 19.9 Å². The molecule has 1 aliphatic rings. The number of hydrazone groups is 1. The predicted molar refractivity (Wildman–Crippen MR) is 109 cm³/mol. The summed E-state index contributed by atoms with van der Waals surface area (Å²) >= 11 is 6.22. The number of nitrogens with one attached hydrogen (secondary N) is 4. The van der Waals surface area contributed by atoms with Crippen LogP contribution < -0.4 is 26.4 Å². The van der Waals surface area contributed by atoms with Gasteiger partial charge in [0.2, 0.25) is 5.96 Å². The molecule has 2 aromatic rings. The SMILES string of the molecule is Cc1nc(C(F)(F)F)ccc1C(=O)Nc1c(OC(F)F)ccc(C(=O)NC2=NNNN2C)c1Cl. The highest BCUT2D eigenvalue weighted by Gasteiger charge is 2.33. The summed E-state index contributed by atoms with van der Waals surface area (Å²) in [6.07, 6.45) is -4.73. The normalized spacial score (nSPS) is 13.4. The number of alkyl halides is 5. The topological polar surface area (TPSA) is 120 Å². The Morgan fingerprint density at radius 3 is 2.32 bits per heavy atom. The first-order valence-corrected chi connectivity index (χ1v) is 9.53. The molecule has 34 heavy (non-hydrogen) atoms. The van der Waals surface area contributed by atoms with Crippen LogP contribution in [0.15, 0.2) is 29.4 Å². The van der Waals surface area contributed by atoms with Gasteiger partial charge in [-0.15, -0.1) is 10.6 Å². The van der Waals surface area contributed by atoms with E-state index in [4.69, 9.17) is 11.6 Å². The number of hydrazine groups is 2. The monoisotopic (exact) mass is 507 g/mol. The van der Waals surface area contributed by atoms with E-state index >= 15 is 0 Å². The maximum Gasteiger partial charge on any atom is 0.433 e. The summed E-state index contributed by atoms with van der Waals surface area (Å²) in [5.74, 6) is -2.37. The fourth-order valence-corrected chi connectivity index (χ4v) is 3.03. The number of hydrogen-bond acceptors (Lipinski definition) is 8. The average Bonchev–Trinajstić information content (AvgIpc) is 3.13. The summed E-state index contributed by atoms with van der Waals surface area (Å²) in [5, 5.41) is 9.18. The zero-order chi connectivity index (χ0) is 25.2. The third-order valence-electron chi connectivity index (χ3n) is 4.35. The lowest BCUT2D eigenvalue weighted by Crippen LogP contribution is -2.45. The van der Waals surface area contributed by atoms with E-state index < -0.39 is 46.8 Å². The van der Waals surface area contributed by atoms with Gasteiger partial charge in [0.1, 0.15) is 11.4 Å². The molecule has 0 bridgehead atoms. The Morgan fingerprint density at radius 1 is 1.12 bits per heavy atom. The van der Waals surface area contributed by atoms with Gasteiger partial charge in [0.15, 0.2) is 5.75 Å². The average molecular weight is 508 g/mol. The fraction of sp³-hybridized carbons (Fsp3) is 0.222. The summed E-state index contributed by atoms with van der Waals surface area (Å²) in [6.45, 7) is -2.15. The largest absolute Gasteiger partial charge is 0.433 e. The van der Waals surface area contributed by atoms with Crippen molar-refractivity contribution in [3.8, 4) is 5.75 Å². The highest BCUT2D eigenvalue weighted by Crippen LogP contribution is 2.37. The van der Waals surface area contributed by atoms with Gasteiger partial charge in [-0.2, -0.15) is 22.0 Å². The van der Waals surface area contributed by atoms with Gasteiger partial charge in [-0.1, -0.05) is 11.6 Å². The van der Waals surface area contributed by atoms with Crippen molar-refractivity contribution in [2.24, 2.45) is 5.10 Å². The third kappa shape index (κ3) is 5.43. The highest BCUT2D eigenvalue weighted by molar-refractivity contribution is 6.37. The molecule has 0 fully saturated rings. The van der Waals surface area contributed by atoms with Crippen LogP contribution in [0, 0.1) is 6.92 Å². The Morgan fingerprint density at radius 2 is 1.76 bits per heavy atom. The van der Waals surface area contributed by atoms with Gasteiger partial charge in [0.25, 0.3) is 11.8 Å². The molecule has 3 rings (SSSR count). The summed E-state index contributed by atoms with van der Waals surface area (Å²) < 4.78 is 68.6. The van der Waals surface area contributed by atoms with Crippen LogP contribution in [0.1, 0.15) is 32.1 Å². The molecule has 182 valence electrons. The van der Waals surface area contributed by atoms with Crippen molar-refractivity contribution in [2.75, 3.05) is 12.4 Å². The van der Waals surface area contributed by atoms with Crippen LogP contribution in [0.25, 0.3) is 0 Å². The van der Waals surface area contributed by atoms with E-state index in [9.17, 15) is 31.5 Å². The second-order valence-corrected chi connectivity index (χ2v) is 7.01. The van der Waals surface area contributed by atoms with Crippen LogP contribution >= 0.6 is 11.6 Å². The number of hydrogen-bond donors (Lipinski definition) is 4. The smallest absolute Gasteiger partial charge is 0.433 e. The molecule has 1 aromatic carbocycles. The molecule has 0 spiro atoms. The third-order valence-corrected chi connectivity index (χ3v) is 4.74. The van der Waals surface area contributed by atoms with Crippen LogP contribution in [0.2, 0.25) is 5.02 Å². The van der Waals surface area contributed by atoms with Crippen LogP contribution in [0.4, 0.5) is 27.6 Å². The van der Waals surface area contributed by atoms with Gasteiger partial charge in [-0.25, -0.2) is 10.5 Å². The molecule has 2 amide bonds. The summed E-state index contributed by atoms with van der Waals surface area (Å²) in [7, 11) is 1.52. The van der Waals surface area contributed by atoms with E-state index in [0.717, 1.165) is 25.1 Å². The molecule has 0 saturated heterocycles. The number of ether oxygens (including phenoxy) is 1. The first-order chi connectivity index (χ1) is 15.9. The molecule has 0 saturated carbocycles. The van der Waals surface area contributed by atoms with Crippen molar-refractivity contribution in [1.82, 2.24) is 26.4 Å². The first-order valence-electron chi connectivity index (χ1n) is 9.15. The lowest BCUT2D eigenvalue weighted by Gasteiger charge is -2.17. The second kappa shape index (κ2) is 9.64. The maximum absolute atomic E-state index is 12.9. The van der Waals surface area contributed by atoms with Gasteiger partial charge in [0.05, 0.1) is 21.8 Å². The molecule has 2 heterocycles. The zero-order valence-electron chi connectivity index (χ0n) is 17.2. The van der Waals surface area contributed by atoms with Gasteiger partial charge in [-0.05, 0) is 31.2 Å². The van der Waals surface area contributed by atoms with E-state index in [1.54, 1.807) is 0 Å². The number of benzene rings is 1. The zero-order valence-corrected chi connectivity index (χ0v) is 18.0. The molecular formula is C18H15ClF5N7O3. The van der Waals surface area contributed by atoms with Crippen LogP contribution in [0.5, 0.6) is 5.75 Å². The van der Waals surface area contributed by atoms with Crippen molar-refractivity contribution in [1.29, 1.82) is 0 Å². The van der Waals surface area contributed by atoms with E-state index in [1.165, 1.54) is 12.1 Å². The minimum absolute atomic E-state index is 0.0472. The maximum atomic E-state index is 12.9. The number of aromatic nitrogens is 1. The molecular weight excluding hydrogens is 493 g/mol. The molecule has 1 aromatic heterocycles. The van der Waals surface area contributed by atoms with Crippen molar-refractivity contribution >= 4 is 35.1 Å². The molecule has 0 aliphatic carbocycles. The lowest BCUT2D eigenvalue weighted by molar-refractivity contribution is -0.141.